The molecular formula is C16H34IN5O. The summed E-state index contributed by atoms with van der Waals surface area (Å²) >= 11 is 0. The van der Waals surface area contributed by atoms with Gasteiger partial charge in [-0.2, -0.15) is 0 Å². The number of aliphatic imine (C=N–C) groups is 1. The average Bonchev–Trinajstić information content (AvgIpc) is 2.85. The van der Waals surface area contributed by atoms with Gasteiger partial charge in [-0.05, 0) is 26.2 Å². The number of halogens is 1. The van der Waals surface area contributed by atoms with E-state index in [1.54, 1.807) is 7.05 Å². The molecule has 1 heterocycles. The van der Waals surface area contributed by atoms with Gasteiger partial charge >= 0.3 is 0 Å². The SMILES string of the molecule is CCCNC(=O)CCNC(=NC)NC1CN(C(C)C)CC1C.I. The fraction of sp³-hybridized carbons (Fsp3) is 0.875. The van der Waals surface area contributed by atoms with Crippen molar-refractivity contribution in [1.29, 1.82) is 0 Å². The van der Waals surface area contributed by atoms with Gasteiger partial charge in [-0.25, -0.2) is 0 Å². The van der Waals surface area contributed by atoms with Crippen LogP contribution in [0.3, 0.4) is 0 Å². The Kier molecular flexibility index (Phi) is 11.6. The lowest BCUT2D eigenvalue weighted by Crippen LogP contribution is -2.47. The minimum absolute atomic E-state index is 0. The third kappa shape index (κ3) is 8.19. The van der Waals surface area contributed by atoms with Gasteiger partial charge in [-0.1, -0.05) is 13.8 Å². The van der Waals surface area contributed by atoms with Crippen molar-refractivity contribution >= 4 is 35.8 Å². The number of nitrogens with zero attached hydrogens (tertiary/aromatic N) is 2. The van der Waals surface area contributed by atoms with E-state index in [-0.39, 0.29) is 29.9 Å². The molecular weight excluding hydrogens is 405 g/mol. The van der Waals surface area contributed by atoms with Gasteiger partial charge in [0.1, 0.15) is 0 Å². The molecule has 7 heteroatoms. The van der Waals surface area contributed by atoms with E-state index in [1.807, 2.05) is 6.92 Å². The van der Waals surface area contributed by atoms with Gasteiger partial charge in [0.05, 0.1) is 0 Å². The van der Waals surface area contributed by atoms with Crippen molar-refractivity contribution in [2.45, 2.75) is 52.6 Å². The van der Waals surface area contributed by atoms with E-state index in [0.717, 1.165) is 32.0 Å². The van der Waals surface area contributed by atoms with Crippen molar-refractivity contribution in [2.75, 3.05) is 33.2 Å². The Labute approximate surface area is 158 Å². The molecule has 0 aliphatic carbocycles. The molecule has 1 amide bonds. The van der Waals surface area contributed by atoms with Crippen molar-refractivity contribution in [2.24, 2.45) is 10.9 Å². The largest absolute Gasteiger partial charge is 0.356 e. The zero-order chi connectivity index (χ0) is 16.5. The molecule has 1 aliphatic rings. The second kappa shape index (κ2) is 11.9. The first-order valence-corrected chi connectivity index (χ1v) is 8.45. The van der Waals surface area contributed by atoms with Crippen molar-refractivity contribution in [1.82, 2.24) is 20.9 Å². The highest BCUT2D eigenvalue weighted by atomic mass is 127. The number of guanidine groups is 1. The third-order valence-corrected chi connectivity index (χ3v) is 4.13. The summed E-state index contributed by atoms with van der Waals surface area (Å²) in [4.78, 5) is 18.3. The minimum atomic E-state index is 0. The molecule has 0 saturated carbocycles. The van der Waals surface area contributed by atoms with E-state index in [4.69, 9.17) is 0 Å². The van der Waals surface area contributed by atoms with E-state index in [0.29, 0.717) is 31.0 Å². The van der Waals surface area contributed by atoms with Gasteiger partial charge in [0.2, 0.25) is 5.91 Å². The molecule has 1 fully saturated rings. The smallest absolute Gasteiger partial charge is 0.221 e. The highest BCUT2D eigenvalue weighted by molar-refractivity contribution is 14.0. The van der Waals surface area contributed by atoms with Gasteiger partial charge in [0.15, 0.2) is 5.96 Å². The fourth-order valence-electron chi connectivity index (χ4n) is 2.63. The summed E-state index contributed by atoms with van der Waals surface area (Å²) < 4.78 is 0. The lowest BCUT2D eigenvalue weighted by molar-refractivity contribution is -0.120. The number of rotatable bonds is 7. The molecule has 2 unspecified atom stereocenters. The van der Waals surface area contributed by atoms with Crippen LogP contribution >= 0.6 is 24.0 Å². The Hall–Kier alpha value is -0.570. The lowest BCUT2D eigenvalue weighted by atomic mass is 10.1. The Morgan fingerprint density at radius 1 is 1.26 bits per heavy atom. The Morgan fingerprint density at radius 3 is 2.48 bits per heavy atom. The summed E-state index contributed by atoms with van der Waals surface area (Å²) in [6, 6.07) is 0.981. The van der Waals surface area contributed by atoms with Crippen LogP contribution in [0.2, 0.25) is 0 Å². The topological polar surface area (TPSA) is 68.8 Å². The molecule has 136 valence electrons. The number of carbonyl (C=O) groups is 1. The van der Waals surface area contributed by atoms with Crippen LogP contribution in [0.4, 0.5) is 0 Å². The summed E-state index contributed by atoms with van der Waals surface area (Å²) in [5.41, 5.74) is 0. The van der Waals surface area contributed by atoms with E-state index in [9.17, 15) is 4.79 Å². The Balaban J connectivity index is 0.00000484. The van der Waals surface area contributed by atoms with Crippen LogP contribution in [0.5, 0.6) is 0 Å². The Bertz CT molecular complexity index is 375. The van der Waals surface area contributed by atoms with Gasteiger partial charge in [0.25, 0.3) is 0 Å². The highest BCUT2D eigenvalue weighted by Gasteiger charge is 2.31. The standard InChI is InChI=1S/C16H33N5O.HI/c1-6-8-18-15(22)7-9-19-16(17-5)20-14-11-21(12(2)3)10-13(14)4;/h12-14H,6-11H2,1-5H3,(H,18,22)(H2,17,19,20);1H. The molecule has 0 spiro atoms. The quantitative estimate of drug-likeness (QED) is 0.319. The maximum absolute atomic E-state index is 11.6. The molecule has 0 bridgehead atoms. The van der Waals surface area contributed by atoms with Crippen LogP contribution in [-0.4, -0.2) is 62.1 Å². The Morgan fingerprint density at radius 2 is 1.96 bits per heavy atom. The second-order valence-corrected chi connectivity index (χ2v) is 6.37. The number of likely N-dealkylation sites (tertiary alicyclic amines) is 1. The molecule has 3 N–H and O–H groups in total. The number of hydrogen-bond donors (Lipinski definition) is 3. The molecule has 0 aromatic rings. The second-order valence-electron chi connectivity index (χ2n) is 6.37. The van der Waals surface area contributed by atoms with Gasteiger partial charge in [-0.15, -0.1) is 24.0 Å². The number of carbonyl (C=O) groups excluding carboxylic acids is 1. The molecule has 6 nitrogen and oxygen atoms in total. The summed E-state index contributed by atoms with van der Waals surface area (Å²) in [5, 5.41) is 9.59. The lowest BCUT2D eigenvalue weighted by Gasteiger charge is -2.21. The normalized spacial score (nSPS) is 21.9. The monoisotopic (exact) mass is 439 g/mol. The molecule has 0 radical (unpaired) electrons. The van der Waals surface area contributed by atoms with Crippen molar-refractivity contribution < 1.29 is 4.79 Å². The first-order chi connectivity index (χ1) is 10.5. The maximum Gasteiger partial charge on any atom is 0.221 e. The molecule has 0 aromatic carbocycles. The van der Waals surface area contributed by atoms with Gasteiger partial charge in [0, 0.05) is 51.7 Å². The summed E-state index contributed by atoms with van der Waals surface area (Å²) in [5.74, 6) is 1.46. The maximum atomic E-state index is 11.6. The zero-order valence-electron chi connectivity index (χ0n) is 15.2. The van der Waals surface area contributed by atoms with Crippen LogP contribution in [0.1, 0.15) is 40.5 Å². The van der Waals surface area contributed by atoms with Gasteiger partial charge < -0.3 is 16.0 Å². The number of amides is 1. The molecule has 0 aromatic heterocycles. The molecule has 1 saturated heterocycles. The van der Waals surface area contributed by atoms with Crippen molar-refractivity contribution in [3.05, 3.63) is 0 Å². The average molecular weight is 439 g/mol. The van der Waals surface area contributed by atoms with E-state index in [1.165, 1.54) is 0 Å². The summed E-state index contributed by atoms with van der Waals surface area (Å²) in [6.45, 7) is 12.3. The first-order valence-electron chi connectivity index (χ1n) is 8.45. The van der Waals surface area contributed by atoms with Gasteiger partial charge in [-0.3, -0.25) is 14.7 Å². The molecule has 1 rings (SSSR count). The van der Waals surface area contributed by atoms with Crippen molar-refractivity contribution in [3.8, 4) is 0 Å². The van der Waals surface area contributed by atoms with Crippen LogP contribution in [0.15, 0.2) is 4.99 Å². The fourth-order valence-corrected chi connectivity index (χ4v) is 2.63. The summed E-state index contributed by atoms with van der Waals surface area (Å²) in [6.07, 6.45) is 1.44. The first kappa shape index (κ1) is 22.4. The predicted octanol–water partition coefficient (Wildman–Crippen LogP) is 1.41. The third-order valence-electron chi connectivity index (χ3n) is 4.13. The number of nitrogens with one attached hydrogen (secondary N) is 3. The van der Waals surface area contributed by atoms with Crippen molar-refractivity contribution in [3.63, 3.8) is 0 Å². The van der Waals surface area contributed by atoms with Crippen LogP contribution in [0, 0.1) is 5.92 Å². The van der Waals surface area contributed by atoms with Crippen LogP contribution in [-0.2, 0) is 4.79 Å². The van der Waals surface area contributed by atoms with E-state index < -0.39 is 0 Å². The number of hydrogen-bond acceptors (Lipinski definition) is 3. The van der Waals surface area contributed by atoms with Crippen LogP contribution < -0.4 is 16.0 Å². The predicted molar refractivity (Wildman–Crippen MR) is 107 cm³/mol. The highest BCUT2D eigenvalue weighted by Crippen LogP contribution is 2.18. The molecule has 1 aliphatic heterocycles. The zero-order valence-corrected chi connectivity index (χ0v) is 17.5. The van der Waals surface area contributed by atoms with Crippen LogP contribution in [0.25, 0.3) is 0 Å². The molecule has 23 heavy (non-hydrogen) atoms. The van der Waals surface area contributed by atoms with E-state index in [2.05, 4.69) is 46.6 Å². The summed E-state index contributed by atoms with van der Waals surface area (Å²) in [7, 11) is 1.77. The molecule has 2 atom stereocenters. The van der Waals surface area contributed by atoms with E-state index >= 15 is 0 Å². The minimum Gasteiger partial charge on any atom is -0.356 e.